The summed E-state index contributed by atoms with van der Waals surface area (Å²) in [4.78, 5) is 18.0. The molecule has 4 nitrogen and oxygen atoms in total. The lowest BCUT2D eigenvalue weighted by molar-refractivity contribution is -0.125. The average molecular weight is 378 g/mol. The van der Waals surface area contributed by atoms with Crippen molar-refractivity contribution in [3.8, 4) is 0 Å². The third kappa shape index (κ3) is 3.87. The Balaban J connectivity index is 1.57. The van der Waals surface area contributed by atoms with Crippen molar-refractivity contribution in [3.05, 3.63) is 60.2 Å². The smallest absolute Gasteiger partial charge is 0.225 e. The number of anilines is 2. The Labute approximate surface area is 168 Å². The van der Waals surface area contributed by atoms with Crippen LogP contribution in [-0.4, -0.2) is 38.1 Å². The first kappa shape index (κ1) is 18.9. The van der Waals surface area contributed by atoms with Gasteiger partial charge in [0.1, 0.15) is 0 Å². The molecule has 2 aromatic rings. The molecule has 4 heteroatoms. The van der Waals surface area contributed by atoms with Gasteiger partial charge in [0.15, 0.2) is 0 Å². The summed E-state index contributed by atoms with van der Waals surface area (Å²) in [6.45, 7) is 7.99. The summed E-state index contributed by atoms with van der Waals surface area (Å²) in [5.41, 5.74) is 3.86. The summed E-state index contributed by atoms with van der Waals surface area (Å²) in [7, 11) is 0. The molecule has 2 aliphatic heterocycles. The zero-order valence-electron chi connectivity index (χ0n) is 17.0. The Morgan fingerprint density at radius 3 is 2.61 bits per heavy atom. The second-order valence-electron chi connectivity index (χ2n) is 8.46. The fourth-order valence-electron chi connectivity index (χ4n) is 4.55. The first-order valence-corrected chi connectivity index (χ1v) is 10.6. The molecule has 0 spiro atoms. The molecule has 2 heterocycles. The predicted molar refractivity (Wildman–Crippen MR) is 116 cm³/mol. The molecule has 1 amide bonds. The number of benzene rings is 2. The van der Waals surface area contributed by atoms with Gasteiger partial charge in [-0.2, -0.15) is 0 Å². The molecule has 0 aromatic heterocycles. The lowest BCUT2D eigenvalue weighted by Gasteiger charge is -2.49. The molecule has 28 heavy (non-hydrogen) atoms. The number of carbonyl (C=O) groups excluding carboxylic acids is 1. The van der Waals surface area contributed by atoms with Crippen LogP contribution in [0.2, 0.25) is 0 Å². The van der Waals surface area contributed by atoms with Gasteiger partial charge >= 0.3 is 0 Å². The molecule has 2 aliphatic rings. The van der Waals surface area contributed by atoms with Crippen LogP contribution in [-0.2, 0) is 11.2 Å². The number of hydrogen-bond acceptors (Lipinski definition) is 3. The van der Waals surface area contributed by atoms with Crippen LogP contribution in [0.1, 0.15) is 25.8 Å². The molecule has 148 valence electrons. The quantitative estimate of drug-likeness (QED) is 0.863. The number of piperazine rings is 1. The van der Waals surface area contributed by atoms with Gasteiger partial charge in [-0.25, -0.2) is 0 Å². The van der Waals surface area contributed by atoms with Gasteiger partial charge in [-0.1, -0.05) is 50.2 Å². The predicted octanol–water partition coefficient (Wildman–Crippen LogP) is 3.72. The number of amides is 1. The highest BCUT2D eigenvalue weighted by atomic mass is 16.1. The van der Waals surface area contributed by atoms with Gasteiger partial charge in [-0.15, -0.1) is 0 Å². The van der Waals surface area contributed by atoms with Crippen LogP contribution in [0.5, 0.6) is 0 Å². The Morgan fingerprint density at radius 2 is 1.82 bits per heavy atom. The number of nitrogens with zero attached hydrogens (tertiary/aromatic N) is 2. The SMILES string of the molecule is CC(C)CCNC(=O)[C@@H]1Cc2ccccc2N2CCN(c3ccccc3)C[C@@H]12. The molecular weight excluding hydrogens is 346 g/mol. The van der Waals surface area contributed by atoms with E-state index in [-0.39, 0.29) is 17.9 Å². The van der Waals surface area contributed by atoms with Crippen LogP contribution < -0.4 is 15.1 Å². The summed E-state index contributed by atoms with van der Waals surface area (Å²) < 4.78 is 0. The number of fused-ring (bicyclic) bond motifs is 3. The minimum atomic E-state index is -0.00595. The Morgan fingerprint density at radius 1 is 1.07 bits per heavy atom. The summed E-state index contributed by atoms with van der Waals surface area (Å²) in [6.07, 6.45) is 1.85. The normalized spacial score (nSPS) is 21.2. The van der Waals surface area contributed by atoms with Crippen LogP contribution >= 0.6 is 0 Å². The van der Waals surface area contributed by atoms with Gasteiger partial charge in [0, 0.05) is 37.6 Å². The molecule has 0 unspecified atom stereocenters. The molecule has 1 N–H and O–H groups in total. The van der Waals surface area contributed by atoms with E-state index in [0.29, 0.717) is 5.92 Å². The molecule has 2 aromatic carbocycles. The number of hydrogen-bond donors (Lipinski definition) is 1. The van der Waals surface area contributed by atoms with Crippen molar-refractivity contribution in [3.63, 3.8) is 0 Å². The van der Waals surface area contributed by atoms with Crippen molar-refractivity contribution in [2.75, 3.05) is 36.0 Å². The molecule has 0 aliphatic carbocycles. The highest BCUT2D eigenvalue weighted by Crippen LogP contribution is 2.36. The molecular formula is C24H31N3O. The van der Waals surface area contributed by atoms with Crippen LogP contribution in [0.4, 0.5) is 11.4 Å². The van der Waals surface area contributed by atoms with Crippen LogP contribution in [0.3, 0.4) is 0 Å². The second kappa shape index (κ2) is 8.26. The number of para-hydroxylation sites is 2. The second-order valence-corrected chi connectivity index (χ2v) is 8.46. The van der Waals surface area contributed by atoms with Crippen molar-refractivity contribution < 1.29 is 4.79 Å². The lowest BCUT2D eigenvalue weighted by atomic mass is 9.83. The van der Waals surface area contributed by atoms with Crippen LogP contribution in [0.25, 0.3) is 0 Å². The van der Waals surface area contributed by atoms with Gasteiger partial charge in [-0.3, -0.25) is 4.79 Å². The summed E-state index contributed by atoms with van der Waals surface area (Å²) >= 11 is 0. The number of carbonyl (C=O) groups is 1. The maximum Gasteiger partial charge on any atom is 0.225 e. The molecule has 4 rings (SSSR count). The number of nitrogens with one attached hydrogen (secondary N) is 1. The maximum absolute atomic E-state index is 13.1. The van der Waals surface area contributed by atoms with E-state index in [0.717, 1.165) is 39.0 Å². The van der Waals surface area contributed by atoms with E-state index in [9.17, 15) is 4.79 Å². The van der Waals surface area contributed by atoms with Crippen molar-refractivity contribution in [1.29, 1.82) is 0 Å². The summed E-state index contributed by atoms with van der Waals surface area (Å²) in [5, 5.41) is 3.22. The third-order valence-electron chi connectivity index (χ3n) is 6.10. The van der Waals surface area contributed by atoms with Crippen molar-refractivity contribution in [2.24, 2.45) is 11.8 Å². The first-order valence-electron chi connectivity index (χ1n) is 10.6. The average Bonchev–Trinajstić information content (AvgIpc) is 2.73. The summed E-state index contributed by atoms with van der Waals surface area (Å²) in [5.74, 6) is 0.806. The zero-order chi connectivity index (χ0) is 19.5. The standard InChI is InChI=1S/C24H31N3O/c1-18(2)12-13-25-24(28)21-16-19-8-6-7-11-22(19)27-15-14-26(17-23(21)27)20-9-4-3-5-10-20/h3-11,18,21,23H,12-17H2,1-2H3,(H,25,28)/t21-,23+/m1/s1. The molecule has 0 saturated carbocycles. The number of rotatable bonds is 5. The fraction of sp³-hybridized carbons (Fsp3) is 0.458. The topological polar surface area (TPSA) is 35.6 Å². The van der Waals surface area contributed by atoms with Crippen molar-refractivity contribution >= 4 is 17.3 Å². The van der Waals surface area contributed by atoms with Gasteiger partial charge < -0.3 is 15.1 Å². The maximum atomic E-state index is 13.1. The van der Waals surface area contributed by atoms with Gasteiger partial charge in [-0.05, 0) is 42.5 Å². The van der Waals surface area contributed by atoms with Crippen molar-refractivity contribution in [2.45, 2.75) is 32.7 Å². The van der Waals surface area contributed by atoms with E-state index in [2.05, 4.69) is 83.6 Å². The highest BCUT2D eigenvalue weighted by Gasteiger charge is 2.41. The van der Waals surface area contributed by atoms with E-state index in [4.69, 9.17) is 0 Å². The zero-order valence-corrected chi connectivity index (χ0v) is 17.0. The van der Waals surface area contributed by atoms with Crippen LogP contribution in [0.15, 0.2) is 54.6 Å². The molecule has 0 bridgehead atoms. The minimum absolute atomic E-state index is 0.00595. The molecule has 0 radical (unpaired) electrons. The highest BCUT2D eigenvalue weighted by molar-refractivity contribution is 5.82. The summed E-state index contributed by atoms with van der Waals surface area (Å²) in [6, 6.07) is 19.4. The van der Waals surface area contributed by atoms with Gasteiger partial charge in [0.2, 0.25) is 5.91 Å². The molecule has 1 saturated heterocycles. The molecule has 1 fully saturated rings. The van der Waals surface area contributed by atoms with Crippen molar-refractivity contribution in [1.82, 2.24) is 5.32 Å². The van der Waals surface area contributed by atoms with E-state index in [1.807, 2.05) is 0 Å². The fourth-order valence-corrected chi connectivity index (χ4v) is 4.55. The van der Waals surface area contributed by atoms with E-state index in [1.54, 1.807) is 0 Å². The van der Waals surface area contributed by atoms with Crippen LogP contribution in [0, 0.1) is 11.8 Å². The Hall–Kier alpha value is -2.49. The van der Waals surface area contributed by atoms with E-state index in [1.165, 1.54) is 16.9 Å². The van der Waals surface area contributed by atoms with Gasteiger partial charge in [0.05, 0.1) is 12.0 Å². The van der Waals surface area contributed by atoms with E-state index >= 15 is 0 Å². The largest absolute Gasteiger partial charge is 0.368 e. The minimum Gasteiger partial charge on any atom is -0.368 e. The Kier molecular flexibility index (Phi) is 5.56. The molecule has 2 atom stereocenters. The first-order chi connectivity index (χ1) is 13.6. The van der Waals surface area contributed by atoms with E-state index < -0.39 is 0 Å². The monoisotopic (exact) mass is 377 g/mol. The van der Waals surface area contributed by atoms with Gasteiger partial charge in [0.25, 0.3) is 0 Å². The Bertz CT molecular complexity index is 805. The lowest BCUT2D eigenvalue weighted by Crippen LogP contribution is -2.61. The third-order valence-corrected chi connectivity index (χ3v) is 6.10.